The second kappa shape index (κ2) is 5.54. The maximum absolute atomic E-state index is 13.2. The fourth-order valence-electron chi connectivity index (χ4n) is 1.18. The highest BCUT2D eigenvalue weighted by molar-refractivity contribution is 5.80. The Bertz CT molecular complexity index is 522. The van der Waals surface area contributed by atoms with E-state index in [1.807, 2.05) is 0 Å². The lowest BCUT2D eigenvalue weighted by atomic mass is 10.0. The quantitative estimate of drug-likeness (QED) is 0.247. The molecule has 0 unspecified atom stereocenters. The van der Waals surface area contributed by atoms with Crippen LogP contribution in [0.2, 0.25) is 0 Å². The highest BCUT2D eigenvalue weighted by Crippen LogP contribution is 2.14. The van der Waals surface area contributed by atoms with Gasteiger partial charge in [0.2, 0.25) is 0 Å². The molecule has 0 N–H and O–H groups in total. The summed E-state index contributed by atoms with van der Waals surface area (Å²) < 4.78 is 13.2. The molecule has 0 aliphatic rings. The summed E-state index contributed by atoms with van der Waals surface area (Å²) in [6.45, 7) is 1.72. The summed E-state index contributed by atoms with van der Waals surface area (Å²) in [7, 11) is 0. The number of azide groups is 1. The van der Waals surface area contributed by atoms with Gasteiger partial charge in [-0.15, -0.1) is 0 Å². The second-order valence-electron chi connectivity index (χ2n) is 2.96. The lowest BCUT2D eigenvalue weighted by Crippen LogP contribution is -1.96. The number of halogens is 1. The zero-order valence-corrected chi connectivity index (χ0v) is 8.57. The SMILES string of the molecule is Cc1ccc(F)c(C=O)c1C#CCN=[N+]=[N-]. The Morgan fingerprint density at radius 1 is 1.62 bits per heavy atom. The van der Waals surface area contributed by atoms with Crippen LogP contribution >= 0.6 is 0 Å². The summed E-state index contributed by atoms with van der Waals surface area (Å²) in [6, 6.07) is 2.76. The van der Waals surface area contributed by atoms with Crippen molar-refractivity contribution in [1.29, 1.82) is 0 Å². The molecule has 1 aromatic carbocycles. The van der Waals surface area contributed by atoms with E-state index in [1.54, 1.807) is 13.0 Å². The van der Waals surface area contributed by atoms with Gasteiger partial charge in [0.15, 0.2) is 6.29 Å². The molecule has 0 atom stereocenters. The van der Waals surface area contributed by atoms with E-state index in [0.29, 0.717) is 17.4 Å². The number of rotatable bonds is 2. The monoisotopic (exact) mass is 217 g/mol. The molecule has 0 heterocycles. The summed E-state index contributed by atoms with van der Waals surface area (Å²) in [5.74, 6) is 4.57. The van der Waals surface area contributed by atoms with E-state index in [-0.39, 0.29) is 12.1 Å². The number of aryl methyl sites for hydroxylation is 1. The molecule has 1 aromatic rings. The van der Waals surface area contributed by atoms with Crippen LogP contribution in [0.15, 0.2) is 17.2 Å². The van der Waals surface area contributed by atoms with E-state index < -0.39 is 5.82 Å². The van der Waals surface area contributed by atoms with Crippen molar-refractivity contribution in [2.75, 3.05) is 6.54 Å². The molecule has 0 fully saturated rings. The predicted octanol–water partition coefficient (Wildman–Crippen LogP) is 2.61. The van der Waals surface area contributed by atoms with Crippen molar-refractivity contribution in [1.82, 2.24) is 0 Å². The van der Waals surface area contributed by atoms with Crippen molar-refractivity contribution < 1.29 is 9.18 Å². The normalized spacial score (nSPS) is 8.62. The topological polar surface area (TPSA) is 65.8 Å². The fraction of sp³-hybridized carbons (Fsp3) is 0.182. The molecule has 0 saturated heterocycles. The molecule has 1 rings (SSSR count). The molecule has 0 radical (unpaired) electrons. The van der Waals surface area contributed by atoms with Gasteiger partial charge in [-0.2, -0.15) is 0 Å². The molecule has 0 spiro atoms. The molecular weight excluding hydrogens is 209 g/mol. The molecule has 0 amide bonds. The highest BCUT2D eigenvalue weighted by Gasteiger charge is 2.08. The average Bonchev–Trinajstić information content (AvgIpc) is 2.29. The number of carbonyl (C=O) groups excluding carboxylic acids is 1. The molecular formula is C11H8FN3O. The van der Waals surface area contributed by atoms with Gasteiger partial charge in [0.25, 0.3) is 0 Å². The minimum Gasteiger partial charge on any atom is -0.298 e. The highest BCUT2D eigenvalue weighted by atomic mass is 19.1. The van der Waals surface area contributed by atoms with Gasteiger partial charge >= 0.3 is 0 Å². The minimum atomic E-state index is -0.603. The van der Waals surface area contributed by atoms with Crippen LogP contribution in [0.3, 0.4) is 0 Å². The van der Waals surface area contributed by atoms with Crippen LogP contribution in [-0.2, 0) is 0 Å². The Morgan fingerprint density at radius 2 is 2.38 bits per heavy atom. The molecule has 0 saturated carbocycles. The van der Waals surface area contributed by atoms with Gasteiger partial charge in [0.1, 0.15) is 5.82 Å². The maximum Gasteiger partial charge on any atom is 0.154 e. The molecule has 0 aliphatic heterocycles. The summed E-state index contributed by atoms with van der Waals surface area (Å²) in [4.78, 5) is 13.2. The lowest BCUT2D eigenvalue weighted by Gasteiger charge is -2.02. The molecule has 0 bridgehead atoms. The van der Waals surface area contributed by atoms with E-state index in [0.717, 1.165) is 0 Å². The third-order valence-electron chi connectivity index (χ3n) is 1.94. The van der Waals surface area contributed by atoms with E-state index in [4.69, 9.17) is 5.53 Å². The largest absolute Gasteiger partial charge is 0.298 e. The zero-order valence-electron chi connectivity index (χ0n) is 8.57. The van der Waals surface area contributed by atoms with Crippen molar-refractivity contribution in [2.45, 2.75) is 6.92 Å². The standard InChI is InChI=1S/C11H8FN3O/c1-8-4-5-11(12)10(7-16)9(8)3-2-6-14-15-13/h4-5,7H,6H2,1H3. The van der Waals surface area contributed by atoms with Gasteiger partial charge in [-0.05, 0) is 24.1 Å². The summed E-state index contributed by atoms with van der Waals surface area (Å²) in [5, 5.41) is 3.22. The number of hydrogen-bond donors (Lipinski definition) is 0. The van der Waals surface area contributed by atoms with Crippen LogP contribution in [-0.4, -0.2) is 12.8 Å². The lowest BCUT2D eigenvalue weighted by molar-refractivity contribution is 0.111. The molecule has 5 heteroatoms. The molecule has 0 aromatic heterocycles. The Morgan fingerprint density at radius 3 is 3.00 bits per heavy atom. The van der Waals surface area contributed by atoms with Crippen LogP contribution in [0.25, 0.3) is 10.4 Å². The van der Waals surface area contributed by atoms with Gasteiger partial charge in [0.05, 0.1) is 12.1 Å². The first-order valence-corrected chi connectivity index (χ1v) is 4.44. The molecule has 16 heavy (non-hydrogen) atoms. The molecule has 4 nitrogen and oxygen atoms in total. The number of benzene rings is 1. The first-order chi connectivity index (χ1) is 7.70. The average molecular weight is 217 g/mol. The first kappa shape index (κ1) is 11.8. The minimum absolute atomic E-state index is 0.00918. The van der Waals surface area contributed by atoms with Crippen LogP contribution in [0, 0.1) is 24.6 Å². The Balaban J connectivity index is 3.19. The van der Waals surface area contributed by atoms with E-state index in [9.17, 15) is 9.18 Å². The molecule has 0 aliphatic carbocycles. The third-order valence-corrected chi connectivity index (χ3v) is 1.94. The first-order valence-electron chi connectivity index (χ1n) is 4.44. The number of hydrogen-bond acceptors (Lipinski definition) is 2. The van der Waals surface area contributed by atoms with Crippen LogP contribution in [0.1, 0.15) is 21.5 Å². The van der Waals surface area contributed by atoms with Gasteiger partial charge in [-0.3, -0.25) is 4.79 Å². The molecule has 80 valence electrons. The van der Waals surface area contributed by atoms with Crippen molar-refractivity contribution in [3.8, 4) is 11.8 Å². The van der Waals surface area contributed by atoms with Crippen molar-refractivity contribution in [2.24, 2.45) is 5.11 Å². The summed E-state index contributed by atoms with van der Waals surface area (Å²) in [5.41, 5.74) is 9.02. The van der Waals surface area contributed by atoms with Gasteiger partial charge in [-0.1, -0.05) is 23.0 Å². The predicted molar refractivity (Wildman–Crippen MR) is 57.4 cm³/mol. The summed E-state index contributed by atoms with van der Waals surface area (Å²) in [6.07, 6.45) is 0.430. The second-order valence-corrected chi connectivity index (χ2v) is 2.96. The van der Waals surface area contributed by atoms with Gasteiger partial charge < -0.3 is 0 Å². The van der Waals surface area contributed by atoms with Gasteiger partial charge in [0, 0.05) is 10.5 Å². The number of aldehydes is 1. The van der Waals surface area contributed by atoms with E-state index in [2.05, 4.69) is 21.9 Å². The zero-order chi connectivity index (χ0) is 12.0. The van der Waals surface area contributed by atoms with Crippen molar-refractivity contribution >= 4 is 6.29 Å². The Kier molecular flexibility index (Phi) is 4.07. The summed E-state index contributed by atoms with van der Waals surface area (Å²) >= 11 is 0. The van der Waals surface area contributed by atoms with Crippen molar-refractivity contribution in [3.63, 3.8) is 0 Å². The van der Waals surface area contributed by atoms with Crippen molar-refractivity contribution in [3.05, 3.63) is 45.1 Å². The van der Waals surface area contributed by atoms with Crippen LogP contribution in [0.5, 0.6) is 0 Å². The Hall–Kier alpha value is -2.31. The smallest absolute Gasteiger partial charge is 0.154 e. The van der Waals surface area contributed by atoms with Gasteiger partial charge in [-0.25, -0.2) is 4.39 Å². The number of nitrogens with zero attached hydrogens (tertiary/aromatic N) is 3. The maximum atomic E-state index is 13.2. The Labute approximate surface area is 91.7 Å². The van der Waals surface area contributed by atoms with E-state index >= 15 is 0 Å². The number of carbonyl (C=O) groups is 1. The van der Waals surface area contributed by atoms with E-state index in [1.165, 1.54) is 6.07 Å². The van der Waals surface area contributed by atoms with Crippen LogP contribution < -0.4 is 0 Å². The fourth-order valence-corrected chi connectivity index (χ4v) is 1.18. The third kappa shape index (κ3) is 2.59. The van der Waals surface area contributed by atoms with Crippen LogP contribution in [0.4, 0.5) is 4.39 Å².